The first-order chi connectivity index (χ1) is 9.84. The van der Waals surface area contributed by atoms with Gasteiger partial charge in [-0.2, -0.15) is 0 Å². The average molecular weight is 281 g/mol. The third kappa shape index (κ3) is 3.55. The molecule has 1 saturated carbocycles. The molecule has 3 rings (SSSR count). The molecule has 2 aliphatic heterocycles. The van der Waals surface area contributed by atoms with Gasteiger partial charge in [0.15, 0.2) is 0 Å². The average Bonchev–Trinajstić information content (AvgIpc) is 3.11. The summed E-state index contributed by atoms with van der Waals surface area (Å²) in [6.07, 6.45) is 13.0. The molecule has 0 aromatic rings. The van der Waals surface area contributed by atoms with E-state index in [4.69, 9.17) is 4.74 Å². The molecule has 0 amide bonds. The Hall–Kier alpha value is -0.120. The Kier molecular flexibility index (Phi) is 5.36. The highest BCUT2D eigenvalue weighted by atomic mass is 16.5. The van der Waals surface area contributed by atoms with Crippen molar-refractivity contribution in [1.29, 1.82) is 0 Å². The quantitative estimate of drug-likeness (QED) is 0.841. The van der Waals surface area contributed by atoms with Gasteiger partial charge in [0, 0.05) is 18.6 Å². The van der Waals surface area contributed by atoms with Crippen LogP contribution >= 0.6 is 0 Å². The summed E-state index contributed by atoms with van der Waals surface area (Å²) in [6, 6.07) is 0.658. The molecule has 0 spiro atoms. The van der Waals surface area contributed by atoms with Crippen LogP contribution in [0.4, 0.5) is 0 Å². The summed E-state index contributed by atoms with van der Waals surface area (Å²) in [5.74, 6) is 0.554. The maximum atomic E-state index is 10.2. The minimum absolute atomic E-state index is 0.0289. The molecule has 3 fully saturated rings. The minimum atomic E-state index is -0.0289. The van der Waals surface area contributed by atoms with Crippen LogP contribution in [-0.2, 0) is 4.74 Å². The lowest BCUT2D eigenvalue weighted by molar-refractivity contribution is 0.0312. The van der Waals surface area contributed by atoms with Crippen LogP contribution in [0.25, 0.3) is 0 Å². The Morgan fingerprint density at radius 3 is 2.70 bits per heavy atom. The van der Waals surface area contributed by atoms with Crippen LogP contribution in [0.5, 0.6) is 0 Å². The van der Waals surface area contributed by atoms with Gasteiger partial charge in [-0.3, -0.25) is 0 Å². The van der Waals surface area contributed by atoms with E-state index in [1.807, 2.05) is 0 Å². The predicted molar refractivity (Wildman–Crippen MR) is 80.8 cm³/mol. The number of ether oxygens (including phenoxy) is 1. The largest absolute Gasteiger partial charge is 0.393 e. The van der Waals surface area contributed by atoms with E-state index in [1.54, 1.807) is 0 Å². The molecule has 20 heavy (non-hydrogen) atoms. The summed E-state index contributed by atoms with van der Waals surface area (Å²) in [7, 11) is 0. The monoisotopic (exact) mass is 281 g/mol. The lowest BCUT2D eigenvalue weighted by atomic mass is 9.87. The van der Waals surface area contributed by atoms with Gasteiger partial charge in [0.05, 0.1) is 12.2 Å². The Labute approximate surface area is 123 Å². The molecule has 3 heteroatoms. The number of piperidine rings is 1. The van der Waals surface area contributed by atoms with Crippen molar-refractivity contribution < 1.29 is 9.84 Å². The summed E-state index contributed by atoms with van der Waals surface area (Å²) in [5, 5.41) is 10.2. The summed E-state index contributed by atoms with van der Waals surface area (Å²) < 4.78 is 5.73. The molecule has 1 N–H and O–H groups in total. The molecule has 116 valence electrons. The molecule has 0 bridgehead atoms. The van der Waals surface area contributed by atoms with Crippen molar-refractivity contribution in [2.75, 3.05) is 19.7 Å². The third-order valence-corrected chi connectivity index (χ3v) is 5.69. The topological polar surface area (TPSA) is 32.7 Å². The second-order valence-electron chi connectivity index (χ2n) is 7.04. The fourth-order valence-corrected chi connectivity index (χ4v) is 4.59. The van der Waals surface area contributed by atoms with E-state index < -0.39 is 0 Å². The molecule has 3 nitrogen and oxygen atoms in total. The predicted octanol–water partition coefficient (Wildman–Crippen LogP) is 2.96. The van der Waals surface area contributed by atoms with E-state index in [-0.39, 0.29) is 6.10 Å². The zero-order chi connectivity index (χ0) is 13.8. The fourth-order valence-electron chi connectivity index (χ4n) is 4.59. The maximum Gasteiger partial charge on any atom is 0.0583 e. The Bertz CT molecular complexity index is 291. The van der Waals surface area contributed by atoms with Crippen molar-refractivity contribution in [3.8, 4) is 0 Å². The smallest absolute Gasteiger partial charge is 0.0583 e. The van der Waals surface area contributed by atoms with Crippen molar-refractivity contribution in [1.82, 2.24) is 4.90 Å². The van der Waals surface area contributed by atoms with Crippen LogP contribution in [0.15, 0.2) is 0 Å². The maximum absolute atomic E-state index is 10.2. The zero-order valence-corrected chi connectivity index (χ0v) is 12.8. The number of likely N-dealkylation sites (tertiary alicyclic amines) is 1. The molecule has 0 aromatic heterocycles. The number of hydrogen-bond acceptors (Lipinski definition) is 3. The van der Waals surface area contributed by atoms with E-state index in [9.17, 15) is 5.11 Å². The Balaban J connectivity index is 1.47. The van der Waals surface area contributed by atoms with Gasteiger partial charge in [-0.15, -0.1) is 0 Å². The Morgan fingerprint density at radius 1 is 1.00 bits per heavy atom. The highest BCUT2D eigenvalue weighted by Gasteiger charge is 2.36. The number of aliphatic hydroxyl groups is 1. The molecular formula is C17H31NO2. The number of rotatable bonds is 5. The molecule has 3 aliphatic rings. The number of aliphatic hydroxyl groups excluding tert-OH is 1. The fraction of sp³-hybridized carbons (Fsp3) is 1.00. The first kappa shape index (κ1) is 14.8. The van der Waals surface area contributed by atoms with Crippen LogP contribution in [-0.4, -0.2) is 48.0 Å². The van der Waals surface area contributed by atoms with Crippen LogP contribution < -0.4 is 0 Å². The molecule has 0 aromatic carbocycles. The van der Waals surface area contributed by atoms with Crippen molar-refractivity contribution >= 4 is 0 Å². The third-order valence-electron chi connectivity index (χ3n) is 5.69. The zero-order valence-electron chi connectivity index (χ0n) is 12.8. The lowest BCUT2D eigenvalue weighted by Crippen LogP contribution is -2.46. The molecular weight excluding hydrogens is 250 g/mol. The van der Waals surface area contributed by atoms with E-state index in [0.717, 1.165) is 13.0 Å². The van der Waals surface area contributed by atoms with E-state index in [2.05, 4.69) is 4.90 Å². The number of hydrogen-bond donors (Lipinski definition) is 1. The van der Waals surface area contributed by atoms with Gasteiger partial charge in [0.25, 0.3) is 0 Å². The minimum Gasteiger partial charge on any atom is -0.393 e. The first-order valence-corrected chi connectivity index (χ1v) is 8.88. The highest BCUT2D eigenvalue weighted by Crippen LogP contribution is 2.35. The summed E-state index contributed by atoms with van der Waals surface area (Å²) >= 11 is 0. The van der Waals surface area contributed by atoms with Gasteiger partial charge >= 0.3 is 0 Å². The summed E-state index contributed by atoms with van der Waals surface area (Å²) in [6.45, 7) is 3.44. The molecule has 2 saturated heterocycles. The second kappa shape index (κ2) is 7.24. The van der Waals surface area contributed by atoms with Gasteiger partial charge in [-0.1, -0.05) is 12.8 Å². The van der Waals surface area contributed by atoms with Gasteiger partial charge in [0.2, 0.25) is 0 Å². The SMILES string of the molecule is OC1CCCC1C1CCCCN1CCCC1CCCO1. The molecule has 4 atom stereocenters. The Morgan fingerprint density at radius 2 is 1.95 bits per heavy atom. The van der Waals surface area contributed by atoms with Crippen LogP contribution in [0.1, 0.15) is 64.2 Å². The van der Waals surface area contributed by atoms with Crippen molar-refractivity contribution in [2.24, 2.45) is 5.92 Å². The lowest BCUT2D eigenvalue weighted by Gasteiger charge is -2.40. The van der Waals surface area contributed by atoms with Crippen LogP contribution in [0.3, 0.4) is 0 Å². The molecule has 0 radical (unpaired) electrons. The second-order valence-corrected chi connectivity index (χ2v) is 7.04. The van der Waals surface area contributed by atoms with E-state index >= 15 is 0 Å². The summed E-state index contributed by atoms with van der Waals surface area (Å²) in [5.41, 5.74) is 0. The normalized spacial score (nSPS) is 39.5. The van der Waals surface area contributed by atoms with Crippen LogP contribution in [0.2, 0.25) is 0 Å². The standard InChI is InChI=1S/C17H31NO2/c19-17-10-3-8-15(17)16-9-1-2-11-18(16)12-4-6-14-7-5-13-20-14/h14-17,19H,1-13H2. The molecule has 2 heterocycles. The van der Waals surface area contributed by atoms with Crippen molar-refractivity contribution in [3.05, 3.63) is 0 Å². The number of nitrogens with zero attached hydrogens (tertiary/aromatic N) is 1. The van der Waals surface area contributed by atoms with E-state index in [0.29, 0.717) is 18.1 Å². The first-order valence-electron chi connectivity index (χ1n) is 8.88. The van der Waals surface area contributed by atoms with E-state index in [1.165, 1.54) is 70.9 Å². The highest BCUT2D eigenvalue weighted by molar-refractivity contribution is 4.90. The summed E-state index contributed by atoms with van der Waals surface area (Å²) in [4.78, 5) is 2.69. The van der Waals surface area contributed by atoms with Gasteiger partial charge in [-0.25, -0.2) is 0 Å². The van der Waals surface area contributed by atoms with Gasteiger partial charge in [0.1, 0.15) is 0 Å². The van der Waals surface area contributed by atoms with Crippen LogP contribution in [0, 0.1) is 5.92 Å². The molecule has 4 unspecified atom stereocenters. The van der Waals surface area contributed by atoms with Crippen molar-refractivity contribution in [2.45, 2.75) is 82.5 Å². The van der Waals surface area contributed by atoms with Gasteiger partial charge in [-0.05, 0) is 64.5 Å². The molecule has 1 aliphatic carbocycles. The van der Waals surface area contributed by atoms with Crippen molar-refractivity contribution in [3.63, 3.8) is 0 Å². The van der Waals surface area contributed by atoms with Gasteiger partial charge < -0.3 is 14.7 Å².